The van der Waals surface area contributed by atoms with Crippen LogP contribution in [0.25, 0.3) is 0 Å². The largest absolute Gasteiger partial charge is 0.431 e. The summed E-state index contributed by atoms with van der Waals surface area (Å²) in [7, 11) is 0. The van der Waals surface area contributed by atoms with Crippen LogP contribution < -0.4 is 0 Å². The zero-order valence-electron chi connectivity index (χ0n) is 16.5. The van der Waals surface area contributed by atoms with Crippen LogP contribution in [0.5, 0.6) is 0 Å². The Hall–Kier alpha value is -0.110. The zero-order valence-corrected chi connectivity index (χ0v) is 18.7. The third-order valence-corrected chi connectivity index (χ3v) is 6.69. The number of hydrogen-bond acceptors (Lipinski definition) is 0. The summed E-state index contributed by atoms with van der Waals surface area (Å²) in [6.07, 6.45) is -24.8. The fraction of sp³-hybridized carbons (Fsp3) is 1.00. The molecule has 0 N–H and O–H groups in total. The summed E-state index contributed by atoms with van der Waals surface area (Å²) in [6.45, 7) is 5.19. The maximum atomic E-state index is 14.6. The van der Waals surface area contributed by atoms with Gasteiger partial charge in [0.15, 0.2) is 0 Å². The van der Waals surface area contributed by atoms with Crippen molar-refractivity contribution in [2.24, 2.45) is 11.3 Å². The normalized spacial score (nSPS) is 18.3. The minimum Gasteiger partial charge on any atom is -0.224 e. The van der Waals surface area contributed by atoms with Gasteiger partial charge >= 0.3 is 18.5 Å². The number of hydrogen-bond donors (Lipinski definition) is 0. The molecule has 0 nitrogen and oxygen atoms in total. The molecule has 0 aromatic rings. The van der Waals surface area contributed by atoms with Crippen LogP contribution in [0.4, 0.5) is 52.7 Å². The van der Waals surface area contributed by atoms with E-state index < -0.39 is 57.7 Å². The molecular weight excluding hydrogens is 559 g/mol. The van der Waals surface area contributed by atoms with E-state index in [1.165, 1.54) is 0 Å². The van der Waals surface area contributed by atoms with E-state index >= 15 is 0 Å². The van der Waals surface area contributed by atoms with Gasteiger partial charge < -0.3 is 0 Å². The maximum Gasteiger partial charge on any atom is 0.431 e. The number of alkyl halides is 13. The Balaban J connectivity index is 5.93. The topological polar surface area (TPSA) is 0 Å². The van der Waals surface area contributed by atoms with Gasteiger partial charge in [0, 0.05) is 21.7 Å². The maximum absolute atomic E-state index is 14.6. The first-order valence-corrected chi connectivity index (χ1v) is 9.87. The molecule has 2 unspecified atom stereocenters. The van der Waals surface area contributed by atoms with E-state index in [1.807, 2.05) is 22.6 Å². The highest BCUT2D eigenvalue weighted by Gasteiger charge is 2.74. The molecule has 0 bridgehead atoms. The van der Waals surface area contributed by atoms with Gasteiger partial charge in [0.2, 0.25) is 0 Å². The van der Waals surface area contributed by atoms with Gasteiger partial charge in [0.05, 0.1) is 5.92 Å². The average molecular weight is 582 g/mol. The van der Waals surface area contributed by atoms with Gasteiger partial charge in [0.25, 0.3) is 11.6 Å². The van der Waals surface area contributed by atoms with Crippen LogP contribution in [0.2, 0.25) is 0 Å². The fourth-order valence-electron chi connectivity index (χ4n) is 2.55. The van der Waals surface area contributed by atoms with Gasteiger partial charge in [-0.05, 0) is 19.3 Å². The van der Waals surface area contributed by atoms with Crippen LogP contribution in [-0.4, -0.2) is 33.5 Å². The Morgan fingerprint density at radius 1 is 0.667 bits per heavy atom. The SMILES string of the molecule is CCC(C)(I)CCC(C)(C)C(F)(F)CC(CC(F)(C(F)(F)F)C(F)(F)F)C(F)(F)F. The lowest BCUT2D eigenvalue weighted by Crippen LogP contribution is -2.56. The molecule has 0 aromatic heterocycles. The van der Waals surface area contributed by atoms with Crippen LogP contribution in [0.1, 0.15) is 59.8 Å². The van der Waals surface area contributed by atoms with Crippen molar-refractivity contribution < 1.29 is 52.7 Å². The Labute approximate surface area is 180 Å². The summed E-state index contributed by atoms with van der Waals surface area (Å²) >= 11 is 1.96. The van der Waals surface area contributed by atoms with Crippen LogP contribution in [0.15, 0.2) is 0 Å². The first kappa shape index (κ1) is 29.9. The van der Waals surface area contributed by atoms with E-state index in [2.05, 4.69) is 0 Å². The standard InChI is InChI=1S/C17H23F12I/c1-5-12(4,30)7-6-11(2,3)14(19,20)9-10(15(21,22)23)8-13(18,16(24,25)26)17(27,28)29/h10H,5-9H2,1-4H3. The van der Waals surface area contributed by atoms with E-state index in [0.717, 1.165) is 13.8 Å². The summed E-state index contributed by atoms with van der Waals surface area (Å²) < 4.78 is 158. The van der Waals surface area contributed by atoms with Crippen LogP contribution in [0.3, 0.4) is 0 Å². The Morgan fingerprint density at radius 3 is 1.37 bits per heavy atom. The van der Waals surface area contributed by atoms with Gasteiger partial charge in [-0.25, -0.2) is 13.2 Å². The Kier molecular flexibility index (Phi) is 9.00. The van der Waals surface area contributed by atoms with Crippen molar-refractivity contribution >= 4 is 22.6 Å². The molecule has 0 aliphatic rings. The smallest absolute Gasteiger partial charge is 0.224 e. The molecule has 0 rings (SSSR count). The molecule has 2 atom stereocenters. The molecule has 30 heavy (non-hydrogen) atoms. The number of halogens is 13. The van der Waals surface area contributed by atoms with Gasteiger partial charge in [-0.15, -0.1) is 0 Å². The Bertz CT molecular complexity index is 543. The predicted octanol–water partition coefficient (Wildman–Crippen LogP) is 8.82. The first-order chi connectivity index (χ1) is 12.8. The summed E-state index contributed by atoms with van der Waals surface area (Å²) in [5.74, 6) is -8.18. The van der Waals surface area contributed by atoms with E-state index in [1.54, 1.807) is 13.8 Å². The minimum absolute atomic E-state index is 0.113. The Morgan fingerprint density at radius 2 is 1.07 bits per heavy atom. The van der Waals surface area contributed by atoms with Crippen LogP contribution in [-0.2, 0) is 0 Å². The van der Waals surface area contributed by atoms with E-state index in [9.17, 15) is 52.7 Å². The van der Waals surface area contributed by atoms with E-state index in [4.69, 9.17) is 0 Å². The molecule has 0 aliphatic carbocycles. The van der Waals surface area contributed by atoms with Gasteiger partial charge in [0.1, 0.15) is 0 Å². The first-order valence-electron chi connectivity index (χ1n) is 8.79. The molecule has 0 saturated carbocycles. The third kappa shape index (κ3) is 7.21. The van der Waals surface area contributed by atoms with Crippen LogP contribution in [0, 0.1) is 11.3 Å². The lowest BCUT2D eigenvalue weighted by molar-refractivity contribution is -0.354. The second-order valence-corrected chi connectivity index (χ2v) is 10.9. The lowest BCUT2D eigenvalue weighted by Gasteiger charge is -2.40. The molecule has 0 heterocycles. The second-order valence-electron chi connectivity index (χ2n) is 8.30. The molecule has 182 valence electrons. The van der Waals surface area contributed by atoms with Crippen molar-refractivity contribution in [3.8, 4) is 0 Å². The van der Waals surface area contributed by atoms with E-state index in [0.29, 0.717) is 6.42 Å². The summed E-state index contributed by atoms with van der Waals surface area (Å²) in [5.41, 5.74) is -8.46. The van der Waals surface area contributed by atoms with Gasteiger partial charge in [-0.2, -0.15) is 39.5 Å². The van der Waals surface area contributed by atoms with Gasteiger partial charge in [-0.3, -0.25) is 0 Å². The lowest BCUT2D eigenvalue weighted by atomic mass is 9.74. The fourth-order valence-corrected chi connectivity index (χ4v) is 2.82. The molecule has 0 aromatic carbocycles. The van der Waals surface area contributed by atoms with Crippen molar-refractivity contribution in [1.82, 2.24) is 0 Å². The second kappa shape index (κ2) is 9.03. The highest BCUT2D eigenvalue weighted by Crippen LogP contribution is 2.55. The molecule has 0 amide bonds. The highest BCUT2D eigenvalue weighted by molar-refractivity contribution is 14.1. The van der Waals surface area contributed by atoms with Crippen molar-refractivity contribution in [3.05, 3.63) is 0 Å². The molecular formula is C17H23F12I. The minimum atomic E-state index is -6.76. The molecule has 0 saturated heterocycles. The zero-order chi connectivity index (χ0) is 24.6. The van der Waals surface area contributed by atoms with E-state index in [-0.39, 0.29) is 12.8 Å². The van der Waals surface area contributed by atoms with Crippen molar-refractivity contribution in [2.75, 3.05) is 0 Å². The van der Waals surface area contributed by atoms with Gasteiger partial charge in [-0.1, -0.05) is 50.3 Å². The molecule has 0 spiro atoms. The molecule has 0 radical (unpaired) electrons. The van der Waals surface area contributed by atoms with Crippen molar-refractivity contribution in [1.29, 1.82) is 0 Å². The third-order valence-electron chi connectivity index (χ3n) is 5.39. The predicted molar refractivity (Wildman–Crippen MR) is 95.4 cm³/mol. The van der Waals surface area contributed by atoms with Crippen molar-refractivity contribution in [2.45, 2.75) is 93.3 Å². The average Bonchev–Trinajstić information content (AvgIpc) is 2.49. The molecule has 13 heteroatoms. The quantitative estimate of drug-likeness (QED) is 0.145. The number of rotatable bonds is 9. The summed E-state index contributed by atoms with van der Waals surface area (Å²) in [6, 6.07) is 0. The molecule has 0 aliphatic heterocycles. The highest BCUT2D eigenvalue weighted by atomic mass is 127. The van der Waals surface area contributed by atoms with Crippen molar-refractivity contribution in [3.63, 3.8) is 0 Å². The molecule has 0 fully saturated rings. The summed E-state index contributed by atoms with van der Waals surface area (Å²) in [5, 5.41) is 0. The summed E-state index contributed by atoms with van der Waals surface area (Å²) in [4.78, 5) is 0. The monoisotopic (exact) mass is 582 g/mol. The van der Waals surface area contributed by atoms with Crippen LogP contribution >= 0.6 is 22.6 Å².